The Morgan fingerprint density at radius 1 is 1.00 bits per heavy atom. The van der Waals surface area contributed by atoms with Crippen LogP contribution in [0.3, 0.4) is 0 Å². The normalized spacial score (nSPS) is 22.1. The Morgan fingerprint density at radius 2 is 1.58 bits per heavy atom. The number of sulfone groups is 1. The molecule has 0 heterocycles. The summed E-state index contributed by atoms with van der Waals surface area (Å²) in [5.41, 5.74) is 0.997. The molecule has 2 aromatic rings. The van der Waals surface area contributed by atoms with Crippen molar-refractivity contribution in [2.45, 2.75) is 35.2 Å². The van der Waals surface area contributed by atoms with Crippen LogP contribution in [0.15, 0.2) is 76.5 Å². The molecule has 2 atom stereocenters. The Balaban J connectivity index is 1.77. The van der Waals surface area contributed by atoms with Crippen molar-refractivity contribution >= 4 is 20.6 Å². The van der Waals surface area contributed by atoms with E-state index in [0.717, 1.165) is 10.5 Å². The Morgan fingerprint density at radius 3 is 2.21 bits per heavy atom. The molecule has 5 heteroatoms. The van der Waals surface area contributed by atoms with E-state index in [9.17, 15) is 12.6 Å². The average molecular weight is 361 g/mol. The maximum Gasteiger partial charge on any atom is 0.184 e. The second kappa shape index (κ2) is 6.65. The van der Waals surface area contributed by atoms with E-state index in [1.165, 1.54) is 0 Å². The number of hydrogen-bond acceptors (Lipinski definition) is 3. The highest BCUT2D eigenvalue weighted by molar-refractivity contribution is 7.93. The molecule has 3 rings (SSSR count). The molecule has 0 N–H and O–H groups in total. The van der Waals surface area contributed by atoms with E-state index in [1.54, 1.807) is 37.3 Å². The summed E-state index contributed by atoms with van der Waals surface area (Å²) in [5, 5.41) is 0. The summed E-state index contributed by atoms with van der Waals surface area (Å²) in [6.45, 7) is 1.75. The first-order valence-electron chi connectivity index (χ1n) is 7.83. The third kappa shape index (κ3) is 3.23. The van der Waals surface area contributed by atoms with E-state index in [1.807, 2.05) is 36.4 Å². The molecule has 0 aliphatic heterocycles. The van der Waals surface area contributed by atoms with Gasteiger partial charge in [-0.2, -0.15) is 0 Å². The lowest BCUT2D eigenvalue weighted by Crippen LogP contribution is -2.33. The number of benzene rings is 2. The van der Waals surface area contributed by atoms with Gasteiger partial charge >= 0.3 is 0 Å². The Bertz CT molecular complexity index is 871. The average Bonchev–Trinajstić information content (AvgIpc) is 3.01. The summed E-state index contributed by atoms with van der Waals surface area (Å²) in [5.74, 6) is 0.425. The maximum atomic E-state index is 13.0. The smallest absolute Gasteiger partial charge is 0.184 e. The van der Waals surface area contributed by atoms with E-state index >= 15 is 0 Å². The SMILES string of the molecule is C[C@]1(S(=O)(=O)c2ccccc2)CC=C(S(=O)Cc2ccccc2)C1. The van der Waals surface area contributed by atoms with Crippen molar-refractivity contribution in [3.05, 3.63) is 77.2 Å². The Kier molecular flexibility index (Phi) is 4.74. The minimum atomic E-state index is -3.46. The van der Waals surface area contributed by atoms with Gasteiger partial charge in [-0.05, 0) is 31.0 Å². The topological polar surface area (TPSA) is 51.2 Å². The van der Waals surface area contributed by atoms with Gasteiger partial charge in [0.2, 0.25) is 0 Å². The standard InChI is InChI=1S/C19H20O3S2/c1-19(24(21,22)18-10-6-3-7-11-18)13-12-17(14-19)23(20)15-16-8-4-2-5-9-16/h2-12H,13-15H2,1H3/t19-,23?/m0/s1. The number of rotatable bonds is 5. The minimum Gasteiger partial charge on any atom is -0.254 e. The van der Waals surface area contributed by atoms with Crippen molar-refractivity contribution in [1.29, 1.82) is 0 Å². The quantitative estimate of drug-likeness (QED) is 0.814. The van der Waals surface area contributed by atoms with Gasteiger partial charge in [-0.15, -0.1) is 0 Å². The van der Waals surface area contributed by atoms with Crippen molar-refractivity contribution in [1.82, 2.24) is 0 Å². The maximum absolute atomic E-state index is 13.0. The van der Waals surface area contributed by atoms with Gasteiger partial charge in [-0.25, -0.2) is 8.42 Å². The summed E-state index contributed by atoms with van der Waals surface area (Å²) in [4.78, 5) is 1.07. The first-order chi connectivity index (χ1) is 11.4. The van der Waals surface area contributed by atoms with E-state index < -0.39 is 25.4 Å². The van der Waals surface area contributed by atoms with Crippen LogP contribution in [-0.4, -0.2) is 17.4 Å². The summed E-state index contributed by atoms with van der Waals surface area (Å²) in [6, 6.07) is 18.1. The van der Waals surface area contributed by atoms with Crippen LogP contribution in [0.4, 0.5) is 0 Å². The summed E-state index contributed by atoms with van der Waals surface area (Å²) in [7, 11) is -4.65. The summed E-state index contributed by atoms with van der Waals surface area (Å²) in [6.07, 6.45) is 2.57. The van der Waals surface area contributed by atoms with Crippen molar-refractivity contribution in [2.75, 3.05) is 0 Å². The fourth-order valence-electron chi connectivity index (χ4n) is 2.92. The first kappa shape index (κ1) is 17.1. The van der Waals surface area contributed by atoms with Gasteiger partial charge in [0.1, 0.15) is 0 Å². The van der Waals surface area contributed by atoms with Gasteiger partial charge < -0.3 is 0 Å². The van der Waals surface area contributed by atoms with Crippen LogP contribution in [-0.2, 0) is 26.4 Å². The Hall–Kier alpha value is -1.72. The van der Waals surface area contributed by atoms with Crippen LogP contribution >= 0.6 is 0 Å². The summed E-state index contributed by atoms with van der Waals surface area (Å²) >= 11 is 0. The molecule has 126 valence electrons. The molecule has 0 saturated carbocycles. The lowest BCUT2D eigenvalue weighted by Gasteiger charge is -2.24. The van der Waals surface area contributed by atoms with E-state index in [2.05, 4.69) is 0 Å². The second-order valence-corrected chi connectivity index (χ2v) is 10.3. The predicted molar refractivity (Wildman–Crippen MR) is 97.6 cm³/mol. The molecular formula is C19H20O3S2. The number of allylic oxidation sites excluding steroid dienone is 2. The van der Waals surface area contributed by atoms with Crippen molar-refractivity contribution in [3.63, 3.8) is 0 Å². The zero-order valence-electron chi connectivity index (χ0n) is 13.5. The molecule has 0 amide bonds. The van der Waals surface area contributed by atoms with Crippen LogP contribution in [0.25, 0.3) is 0 Å². The highest BCUT2D eigenvalue weighted by atomic mass is 32.2. The molecule has 3 nitrogen and oxygen atoms in total. The fourth-order valence-corrected chi connectivity index (χ4v) is 6.18. The van der Waals surface area contributed by atoms with Crippen LogP contribution in [0.2, 0.25) is 0 Å². The molecule has 1 unspecified atom stereocenters. The zero-order chi connectivity index (χ0) is 17.2. The molecule has 1 aliphatic carbocycles. The minimum absolute atomic E-state index is 0.323. The predicted octanol–water partition coefficient (Wildman–Crippen LogP) is 3.85. The van der Waals surface area contributed by atoms with Crippen LogP contribution in [0.1, 0.15) is 25.3 Å². The fraction of sp³-hybridized carbons (Fsp3) is 0.263. The lowest BCUT2D eigenvalue weighted by molar-refractivity contribution is 0.539. The van der Waals surface area contributed by atoms with Gasteiger partial charge in [0, 0.05) is 11.3 Å². The van der Waals surface area contributed by atoms with Crippen molar-refractivity contribution in [2.24, 2.45) is 0 Å². The lowest BCUT2D eigenvalue weighted by atomic mass is 10.1. The summed E-state index contributed by atoms with van der Waals surface area (Å²) < 4.78 is 37.6. The van der Waals surface area contributed by atoms with Gasteiger partial charge in [0.15, 0.2) is 9.84 Å². The molecular weight excluding hydrogens is 340 g/mol. The number of hydrogen-bond donors (Lipinski definition) is 0. The second-order valence-electron chi connectivity index (χ2n) is 6.29. The molecule has 0 bridgehead atoms. The van der Waals surface area contributed by atoms with E-state index in [4.69, 9.17) is 0 Å². The first-order valence-corrected chi connectivity index (χ1v) is 10.6. The van der Waals surface area contributed by atoms with Crippen molar-refractivity contribution in [3.8, 4) is 0 Å². The highest BCUT2D eigenvalue weighted by Gasteiger charge is 2.44. The molecule has 24 heavy (non-hydrogen) atoms. The van der Waals surface area contributed by atoms with E-state index in [0.29, 0.717) is 23.5 Å². The molecule has 0 saturated heterocycles. The molecule has 0 aromatic heterocycles. The molecule has 0 fully saturated rings. The highest BCUT2D eigenvalue weighted by Crippen LogP contribution is 2.41. The van der Waals surface area contributed by atoms with Gasteiger partial charge in [0.25, 0.3) is 0 Å². The Labute approximate surface area is 145 Å². The third-order valence-corrected chi connectivity index (χ3v) is 8.44. The zero-order valence-corrected chi connectivity index (χ0v) is 15.1. The third-order valence-electron chi connectivity index (χ3n) is 4.44. The monoisotopic (exact) mass is 360 g/mol. The van der Waals surface area contributed by atoms with E-state index in [-0.39, 0.29) is 0 Å². The molecule has 2 aromatic carbocycles. The van der Waals surface area contributed by atoms with Crippen LogP contribution in [0, 0.1) is 0 Å². The molecule has 0 spiro atoms. The molecule has 0 radical (unpaired) electrons. The molecule has 1 aliphatic rings. The largest absolute Gasteiger partial charge is 0.254 e. The van der Waals surface area contributed by atoms with Crippen LogP contribution in [0.5, 0.6) is 0 Å². The van der Waals surface area contributed by atoms with Gasteiger partial charge in [0.05, 0.1) is 26.2 Å². The van der Waals surface area contributed by atoms with Gasteiger partial charge in [-0.1, -0.05) is 54.6 Å². The van der Waals surface area contributed by atoms with Crippen molar-refractivity contribution < 1.29 is 12.6 Å². The van der Waals surface area contributed by atoms with Gasteiger partial charge in [-0.3, -0.25) is 4.21 Å². The van der Waals surface area contributed by atoms with Crippen LogP contribution < -0.4 is 0 Å².